The number of carbonyl (C=O) groups excluding carboxylic acids is 1. The Morgan fingerprint density at radius 2 is 1.79 bits per heavy atom. The molecule has 0 saturated carbocycles. The van der Waals surface area contributed by atoms with Crippen molar-refractivity contribution < 1.29 is 18.6 Å². The lowest BCUT2D eigenvalue weighted by Crippen LogP contribution is -2.35. The smallest absolute Gasteiger partial charge is 0.323 e. The molecule has 0 bridgehead atoms. The molecular weight excluding hydrogens is 265 g/mol. The summed E-state index contributed by atoms with van der Waals surface area (Å²) in [7, 11) is -1.90. The first-order valence-electron chi connectivity index (χ1n) is 6.09. The topological polar surface area (TPSA) is 64.6 Å². The molecular formula is C13H20NO4P. The van der Waals surface area contributed by atoms with Gasteiger partial charge in [-0.15, -0.1) is 0 Å². The molecule has 6 heteroatoms. The number of nitrogens with one attached hydrogen (secondary N) is 1. The molecule has 19 heavy (non-hydrogen) atoms. The standard InChI is InChI=1S/C13H20NO4P/c1-10(2)19(16,14-11(3)13(15)17-4)18-12-8-6-5-7-9-12/h5-11H,1-4H3,(H,14,16)/t11-,19?/m0/s1. The Kier molecular flexibility index (Phi) is 5.58. The lowest BCUT2D eigenvalue weighted by molar-refractivity contribution is -0.142. The molecule has 1 rings (SSSR count). The number of rotatable bonds is 6. The van der Waals surface area contributed by atoms with Crippen LogP contribution in [0.1, 0.15) is 20.8 Å². The highest BCUT2D eigenvalue weighted by Gasteiger charge is 2.33. The highest BCUT2D eigenvalue weighted by atomic mass is 31.2. The number of carbonyl (C=O) groups is 1. The molecule has 0 spiro atoms. The third-order valence-corrected chi connectivity index (χ3v) is 5.18. The second kappa shape index (κ2) is 6.73. The molecule has 0 aromatic heterocycles. The van der Waals surface area contributed by atoms with E-state index in [9.17, 15) is 9.36 Å². The van der Waals surface area contributed by atoms with Crippen LogP contribution >= 0.6 is 7.52 Å². The first-order chi connectivity index (χ1) is 8.89. The maximum atomic E-state index is 12.8. The quantitative estimate of drug-likeness (QED) is 0.643. The van der Waals surface area contributed by atoms with Crippen LogP contribution in [-0.4, -0.2) is 24.8 Å². The van der Waals surface area contributed by atoms with Gasteiger partial charge < -0.3 is 9.26 Å². The van der Waals surface area contributed by atoms with Crippen LogP contribution in [0.3, 0.4) is 0 Å². The Balaban J connectivity index is 2.86. The van der Waals surface area contributed by atoms with E-state index in [1.807, 2.05) is 6.07 Å². The molecule has 106 valence electrons. The number of para-hydroxylation sites is 1. The Labute approximate surface area is 113 Å². The van der Waals surface area contributed by atoms with Crippen LogP contribution in [0.25, 0.3) is 0 Å². The fourth-order valence-corrected chi connectivity index (χ4v) is 3.06. The molecule has 1 aromatic carbocycles. The van der Waals surface area contributed by atoms with Crippen molar-refractivity contribution in [1.82, 2.24) is 5.09 Å². The Morgan fingerprint density at radius 1 is 1.21 bits per heavy atom. The SMILES string of the molecule is COC(=O)[C@H](C)NP(=O)(Oc1ccccc1)C(C)C. The summed E-state index contributed by atoms with van der Waals surface area (Å²) in [6.07, 6.45) is 0. The maximum Gasteiger partial charge on any atom is 0.323 e. The summed E-state index contributed by atoms with van der Waals surface area (Å²) in [5.41, 5.74) is -0.264. The molecule has 0 aliphatic rings. The summed E-state index contributed by atoms with van der Waals surface area (Å²) in [6, 6.07) is 8.19. The lowest BCUT2D eigenvalue weighted by Gasteiger charge is -2.26. The zero-order valence-electron chi connectivity index (χ0n) is 11.6. The highest BCUT2D eigenvalue weighted by molar-refractivity contribution is 7.58. The zero-order valence-corrected chi connectivity index (χ0v) is 12.5. The van der Waals surface area contributed by atoms with Crippen molar-refractivity contribution in [3.63, 3.8) is 0 Å². The average Bonchev–Trinajstić information content (AvgIpc) is 2.38. The summed E-state index contributed by atoms with van der Waals surface area (Å²) in [5, 5.41) is 2.75. The van der Waals surface area contributed by atoms with Gasteiger partial charge in [-0.05, 0) is 19.1 Å². The fourth-order valence-electron chi connectivity index (χ4n) is 1.42. The summed E-state index contributed by atoms with van der Waals surface area (Å²) in [5.74, 6) is 0.0293. The van der Waals surface area contributed by atoms with Gasteiger partial charge in [0, 0.05) is 0 Å². The highest BCUT2D eigenvalue weighted by Crippen LogP contribution is 2.48. The number of hydrogen-bond acceptors (Lipinski definition) is 4. The van der Waals surface area contributed by atoms with E-state index in [0.29, 0.717) is 5.75 Å². The molecule has 0 aliphatic carbocycles. The predicted molar refractivity (Wildman–Crippen MR) is 74.4 cm³/mol. The monoisotopic (exact) mass is 285 g/mol. The summed E-state index contributed by atoms with van der Waals surface area (Å²) < 4.78 is 22.9. The maximum absolute atomic E-state index is 12.8. The van der Waals surface area contributed by atoms with Crippen molar-refractivity contribution in [3.05, 3.63) is 30.3 Å². The molecule has 0 radical (unpaired) electrons. The molecule has 1 unspecified atom stereocenters. The molecule has 0 heterocycles. The van der Waals surface area contributed by atoms with Gasteiger partial charge in [0.05, 0.1) is 12.8 Å². The van der Waals surface area contributed by atoms with E-state index in [4.69, 9.17) is 4.52 Å². The molecule has 0 amide bonds. The van der Waals surface area contributed by atoms with Crippen LogP contribution in [0.2, 0.25) is 0 Å². The Bertz CT molecular complexity index is 461. The van der Waals surface area contributed by atoms with E-state index in [2.05, 4.69) is 9.82 Å². The number of ether oxygens (including phenoxy) is 1. The van der Waals surface area contributed by atoms with Gasteiger partial charge in [0.25, 0.3) is 0 Å². The molecule has 1 aromatic rings. The van der Waals surface area contributed by atoms with Crippen molar-refractivity contribution in [2.45, 2.75) is 32.5 Å². The van der Waals surface area contributed by atoms with E-state index in [1.165, 1.54) is 7.11 Å². The van der Waals surface area contributed by atoms with Crippen molar-refractivity contribution in [1.29, 1.82) is 0 Å². The fraction of sp³-hybridized carbons (Fsp3) is 0.462. The van der Waals surface area contributed by atoms with Crippen molar-refractivity contribution in [2.75, 3.05) is 7.11 Å². The number of methoxy groups -OCH3 is 1. The summed E-state index contributed by atoms with van der Waals surface area (Å²) in [6.45, 7) is 5.15. The van der Waals surface area contributed by atoms with Gasteiger partial charge in [-0.25, -0.2) is 5.09 Å². The van der Waals surface area contributed by atoms with E-state index in [0.717, 1.165) is 0 Å². The van der Waals surface area contributed by atoms with E-state index in [-0.39, 0.29) is 5.66 Å². The minimum Gasteiger partial charge on any atom is -0.468 e. The van der Waals surface area contributed by atoms with E-state index >= 15 is 0 Å². The zero-order chi connectivity index (χ0) is 14.5. The second-order valence-electron chi connectivity index (χ2n) is 4.47. The summed E-state index contributed by atoms with van der Waals surface area (Å²) >= 11 is 0. The van der Waals surface area contributed by atoms with Gasteiger partial charge in [0.1, 0.15) is 11.8 Å². The minimum atomic E-state index is -3.19. The van der Waals surface area contributed by atoms with Crippen LogP contribution in [0.15, 0.2) is 30.3 Å². The number of benzene rings is 1. The van der Waals surface area contributed by atoms with Crippen LogP contribution in [0.4, 0.5) is 0 Å². The van der Waals surface area contributed by atoms with Crippen molar-refractivity contribution in [2.24, 2.45) is 0 Å². The Hall–Kier alpha value is -1.32. The van der Waals surface area contributed by atoms with Gasteiger partial charge in [0.2, 0.25) is 0 Å². The van der Waals surface area contributed by atoms with Crippen molar-refractivity contribution in [3.8, 4) is 5.75 Å². The number of hydrogen-bond donors (Lipinski definition) is 1. The van der Waals surface area contributed by atoms with Crippen LogP contribution in [0.5, 0.6) is 5.75 Å². The van der Waals surface area contributed by atoms with Gasteiger partial charge in [-0.3, -0.25) is 9.36 Å². The molecule has 0 saturated heterocycles. The lowest BCUT2D eigenvalue weighted by atomic mass is 10.3. The van der Waals surface area contributed by atoms with Crippen LogP contribution < -0.4 is 9.61 Å². The van der Waals surface area contributed by atoms with Gasteiger partial charge in [-0.1, -0.05) is 32.0 Å². The van der Waals surface area contributed by atoms with Gasteiger partial charge in [0.15, 0.2) is 0 Å². The molecule has 5 nitrogen and oxygen atoms in total. The van der Waals surface area contributed by atoms with Crippen LogP contribution in [-0.2, 0) is 14.1 Å². The normalized spacial score (nSPS) is 15.6. The minimum absolute atomic E-state index is 0.264. The third kappa shape index (κ3) is 4.37. The first-order valence-corrected chi connectivity index (χ1v) is 7.78. The third-order valence-electron chi connectivity index (χ3n) is 2.59. The molecule has 2 atom stereocenters. The number of esters is 1. The molecule has 0 fully saturated rings. The van der Waals surface area contributed by atoms with E-state index < -0.39 is 19.5 Å². The molecule has 0 aliphatic heterocycles. The largest absolute Gasteiger partial charge is 0.468 e. The van der Waals surface area contributed by atoms with Crippen LogP contribution in [0, 0.1) is 0 Å². The average molecular weight is 285 g/mol. The first kappa shape index (κ1) is 15.7. The molecule has 1 N–H and O–H groups in total. The van der Waals surface area contributed by atoms with Crippen molar-refractivity contribution >= 4 is 13.5 Å². The summed E-state index contributed by atoms with van der Waals surface area (Å²) in [4.78, 5) is 11.4. The Morgan fingerprint density at radius 3 is 2.26 bits per heavy atom. The predicted octanol–water partition coefficient (Wildman–Crippen LogP) is 2.82. The second-order valence-corrected chi connectivity index (χ2v) is 7.14. The van der Waals surface area contributed by atoms with Gasteiger partial charge in [-0.2, -0.15) is 0 Å². The van der Waals surface area contributed by atoms with Gasteiger partial charge >= 0.3 is 13.5 Å². The van der Waals surface area contributed by atoms with E-state index in [1.54, 1.807) is 45.0 Å².